The molecule has 0 saturated carbocycles. The van der Waals surface area contributed by atoms with E-state index in [9.17, 15) is 3.52 Å². The monoisotopic (exact) mass is 144 g/mol. The second-order valence-electron chi connectivity index (χ2n) is 0. The van der Waals surface area contributed by atoms with Crippen LogP contribution in [0, 0.1) is 0 Å². The van der Waals surface area contributed by atoms with Gasteiger partial charge in [-0.1, -0.05) is 0 Å². The molecule has 0 saturated heterocycles. The maximum atomic E-state index is 9.42. The summed E-state index contributed by atoms with van der Waals surface area (Å²) in [5, 5.41) is 0. The molecule has 0 N–H and O–H groups in total. The van der Waals surface area contributed by atoms with E-state index in [0.717, 1.165) is 16.7 Å². The van der Waals surface area contributed by atoms with Crippen molar-refractivity contribution >= 4 is 81.1 Å². The van der Waals surface area contributed by atoms with Crippen molar-refractivity contribution in [2.24, 2.45) is 0 Å². The Kier molecular flexibility index (Phi) is 70.9. The van der Waals surface area contributed by atoms with E-state index in [2.05, 4.69) is 0 Å². The average Bonchev–Trinajstić information content (AvgIpc) is 1.00. The maximum absolute atomic E-state index is 9.42. The minimum absolute atomic E-state index is 0. The summed E-state index contributed by atoms with van der Waals surface area (Å²) in [6.07, 6.45) is 0. The second kappa shape index (κ2) is 17.7. The minimum atomic E-state index is 0. The van der Waals surface area contributed by atoms with Gasteiger partial charge in [-0.05, 0) is 0 Å². The first-order valence-electron chi connectivity index (χ1n) is 0.218. The third kappa shape index (κ3) is 8.82. The third-order valence-electron chi connectivity index (χ3n) is 0. The zero-order chi connectivity index (χ0) is 2.00. The first-order valence-corrected chi connectivity index (χ1v) is 0.655. The molecule has 0 unspecified atom stereocenters. The molecule has 2 radical (unpaired) electrons. The zero-order valence-corrected chi connectivity index (χ0v) is 2.11. The SMILES string of the molecule is [F][Al].[LiH].[SrH2]. The number of rotatable bonds is 0. The molecule has 0 rings (SSSR count). The summed E-state index contributed by atoms with van der Waals surface area (Å²) >= 11 is 0.917. The summed E-state index contributed by atoms with van der Waals surface area (Å²) in [5.74, 6) is 0. The van der Waals surface area contributed by atoms with Gasteiger partial charge >= 0.3 is 81.1 Å². The predicted molar refractivity (Wildman–Crippen MR) is 22.6 cm³/mol. The Balaban J connectivity index is -0.00000000500. The molecule has 0 amide bonds. The van der Waals surface area contributed by atoms with Gasteiger partial charge in [0.25, 0.3) is 0 Å². The van der Waals surface area contributed by atoms with Crippen molar-refractivity contribution in [3.05, 3.63) is 0 Å². The first kappa shape index (κ1) is 16.0. The van der Waals surface area contributed by atoms with Gasteiger partial charge in [-0.25, -0.2) is 0 Å². The normalized spacial score (nSPS) is 1.25. The summed E-state index contributed by atoms with van der Waals surface area (Å²) in [6.45, 7) is 0. The standard InChI is InChI=1S/Al.FH.Li.Sr.3H/h;1H;;;;;/q+1;;;;;;/p-1. The van der Waals surface area contributed by atoms with Crippen molar-refractivity contribution in [1.82, 2.24) is 0 Å². The van der Waals surface area contributed by atoms with Gasteiger partial charge in [0.1, 0.15) is 0 Å². The van der Waals surface area contributed by atoms with E-state index in [4.69, 9.17) is 0 Å². The van der Waals surface area contributed by atoms with Gasteiger partial charge in [-0.3, -0.25) is 0 Å². The van der Waals surface area contributed by atoms with Crippen LogP contribution >= 0.6 is 0 Å². The fraction of sp³-hybridized carbons (Fsp3) is 0. The third-order valence-corrected chi connectivity index (χ3v) is 0. The molecular formula is H3AlFLiSr. The molecule has 0 aliphatic carbocycles. The first-order chi connectivity index (χ1) is 1.00. The molecule has 0 aliphatic rings. The van der Waals surface area contributed by atoms with E-state index in [-0.39, 0.29) is 64.3 Å². The van der Waals surface area contributed by atoms with E-state index < -0.39 is 0 Å². The van der Waals surface area contributed by atoms with Gasteiger partial charge in [-0.15, -0.1) is 0 Å². The fourth-order valence-corrected chi connectivity index (χ4v) is 0. The molecule has 0 fully saturated rings. The van der Waals surface area contributed by atoms with Crippen molar-refractivity contribution in [3.63, 3.8) is 0 Å². The molecule has 16 valence electrons. The van der Waals surface area contributed by atoms with Gasteiger partial charge in [0, 0.05) is 0 Å². The molecule has 0 aliphatic heterocycles. The van der Waals surface area contributed by atoms with Crippen LogP contribution in [0.4, 0.5) is 3.52 Å². The molecule has 4 heavy (non-hydrogen) atoms. The van der Waals surface area contributed by atoms with Gasteiger partial charge in [-0.2, -0.15) is 0 Å². The van der Waals surface area contributed by atoms with Crippen LogP contribution in [-0.4, -0.2) is 81.1 Å². The molecule has 0 heterocycles. The molecule has 0 aromatic carbocycles. The molecule has 0 nitrogen and oxygen atoms in total. The van der Waals surface area contributed by atoms with E-state index in [1.165, 1.54) is 0 Å². The zero-order valence-electron chi connectivity index (χ0n) is 0.955. The van der Waals surface area contributed by atoms with E-state index in [1.54, 1.807) is 0 Å². The molecule has 0 aromatic heterocycles. The second-order valence-corrected chi connectivity index (χ2v) is 0. The van der Waals surface area contributed by atoms with Crippen LogP contribution in [0.5, 0.6) is 0 Å². The van der Waals surface area contributed by atoms with Gasteiger partial charge < -0.3 is 3.52 Å². The van der Waals surface area contributed by atoms with Crippen LogP contribution in [0.2, 0.25) is 0 Å². The summed E-state index contributed by atoms with van der Waals surface area (Å²) < 4.78 is 9.42. The Labute approximate surface area is 82.9 Å². The Morgan fingerprint density at radius 3 is 1.25 bits per heavy atom. The van der Waals surface area contributed by atoms with Crippen molar-refractivity contribution in [2.45, 2.75) is 0 Å². The number of halogens is 1. The Hall–Kier alpha value is 2.54. The van der Waals surface area contributed by atoms with Gasteiger partial charge in [0.05, 0.1) is 0 Å². The number of hydrogen-bond acceptors (Lipinski definition) is 0. The van der Waals surface area contributed by atoms with Crippen LogP contribution in [0.25, 0.3) is 0 Å². The average molecular weight is 144 g/mol. The van der Waals surface area contributed by atoms with Gasteiger partial charge in [0.15, 0.2) is 0 Å². The van der Waals surface area contributed by atoms with E-state index in [1.807, 2.05) is 0 Å². The number of hydrogen-bond donors (Lipinski definition) is 0. The Morgan fingerprint density at radius 2 is 1.25 bits per heavy atom. The predicted octanol–water partition coefficient (Wildman–Crippen LogP) is -1.53. The van der Waals surface area contributed by atoms with E-state index >= 15 is 0 Å². The Bertz CT molecular complexity index is 8.00. The molecule has 0 bridgehead atoms. The molecule has 0 aromatic rings. The van der Waals surface area contributed by atoms with Crippen LogP contribution in [0.15, 0.2) is 0 Å². The van der Waals surface area contributed by atoms with Crippen molar-refractivity contribution in [3.8, 4) is 0 Å². The Morgan fingerprint density at radius 1 is 1.25 bits per heavy atom. The molecule has 4 heteroatoms. The molecule has 0 atom stereocenters. The van der Waals surface area contributed by atoms with E-state index in [0.29, 0.717) is 0 Å². The van der Waals surface area contributed by atoms with Crippen LogP contribution in [-0.2, 0) is 0 Å². The van der Waals surface area contributed by atoms with Crippen LogP contribution < -0.4 is 0 Å². The van der Waals surface area contributed by atoms with Crippen molar-refractivity contribution in [1.29, 1.82) is 0 Å². The summed E-state index contributed by atoms with van der Waals surface area (Å²) in [6, 6.07) is 0. The fourth-order valence-electron chi connectivity index (χ4n) is 0. The van der Waals surface area contributed by atoms with Gasteiger partial charge in [0.2, 0.25) is 0 Å². The van der Waals surface area contributed by atoms with Crippen molar-refractivity contribution < 1.29 is 3.52 Å². The van der Waals surface area contributed by atoms with Crippen LogP contribution in [0.1, 0.15) is 0 Å². The quantitative estimate of drug-likeness (QED) is 0.361. The summed E-state index contributed by atoms with van der Waals surface area (Å²) in [4.78, 5) is 0. The molecular weight excluding hydrogens is 141 g/mol. The van der Waals surface area contributed by atoms with Crippen LogP contribution in [0.3, 0.4) is 0 Å². The van der Waals surface area contributed by atoms with Crippen molar-refractivity contribution in [2.75, 3.05) is 0 Å². The summed E-state index contributed by atoms with van der Waals surface area (Å²) in [7, 11) is 0. The molecule has 0 spiro atoms. The topological polar surface area (TPSA) is 0 Å². The summed E-state index contributed by atoms with van der Waals surface area (Å²) in [5.41, 5.74) is 0.